The van der Waals surface area contributed by atoms with Crippen LogP contribution in [-0.4, -0.2) is 102 Å². The van der Waals surface area contributed by atoms with E-state index in [0.717, 1.165) is 12.1 Å². The molecule has 2 bridgehead atoms. The molecule has 3 aliphatic heterocycles. The number of aromatic nitrogens is 1. The fraction of sp³-hybridized carbons (Fsp3) is 0.455. The highest BCUT2D eigenvalue weighted by Gasteiger charge is 2.54. The van der Waals surface area contributed by atoms with Crippen LogP contribution in [-0.2, 0) is 51.7 Å². The van der Waals surface area contributed by atoms with E-state index in [9.17, 15) is 61.8 Å². The first-order valence-corrected chi connectivity index (χ1v) is 22.8. The van der Waals surface area contributed by atoms with Gasteiger partial charge < -0.3 is 49.1 Å². The largest absolute Gasteiger partial charge is 0.524 e. The van der Waals surface area contributed by atoms with Crippen LogP contribution < -0.4 is 25.3 Å². The molecule has 366 valence electrons. The van der Waals surface area contributed by atoms with Crippen LogP contribution in [0.5, 0.6) is 11.5 Å². The molecule has 0 aliphatic carbocycles. The Balaban J connectivity index is 1.31. The third-order valence-electron chi connectivity index (χ3n) is 12.0. The summed E-state index contributed by atoms with van der Waals surface area (Å²) in [7, 11) is -5.29. The monoisotopic (exact) mass is 973 g/mol. The summed E-state index contributed by atoms with van der Waals surface area (Å²) in [5.41, 5.74) is -3.58. The molecule has 1 saturated heterocycles. The van der Waals surface area contributed by atoms with Crippen LogP contribution in [0.2, 0.25) is 0 Å². The summed E-state index contributed by atoms with van der Waals surface area (Å²) in [5.74, 6) is -9.34. The van der Waals surface area contributed by atoms with Crippen LogP contribution >= 0.6 is 7.82 Å². The maximum Gasteiger partial charge on any atom is 0.524 e. The van der Waals surface area contributed by atoms with E-state index in [2.05, 4.69) is 15.8 Å². The van der Waals surface area contributed by atoms with Crippen molar-refractivity contribution in [2.45, 2.75) is 115 Å². The second kappa shape index (κ2) is 19.9. The molecule has 4 atom stereocenters. The molecule has 3 aliphatic rings. The molecule has 3 amide bonds. The highest BCUT2D eigenvalue weighted by molar-refractivity contribution is 7.46. The van der Waals surface area contributed by atoms with Gasteiger partial charge in [-0.05, 0) is 63.3 Å². The van der Waals surface area contributed by atoms with Crippen LogP contribution in [0.1, 0.15) is 115 Å². The first-order valence-electron chi connectivity index (χ1n) is 21.2. The minimum atomic E-state index is -5.29. The smallest absolute Gasteiger partial charge is 0.481 e. The second-order valence-corrected chi connectivity index (χ2v) is 18.8. The van der Waals surface area contributed by atoms with Crippen molar-refractivity contribution >= 4 is 49.2 Å². The number of phosphoric ester groups is 1. The van der Waals surface area contributed by atoms with Gasteiger partial charge in [-0.15, -0.1) is 0 Å². The average Bonchev–Trinajstić information content (AvgIpc) is 3.55. The molecule has 0 unspecified atom stereocenters. The number of carbonyl (C=O) groups is 6. The lowest BCUT2D eigenvalue weighted by molar-refractivity contribution is -0.151. The zero-order valence-corrected chi connectivity index (χ0v) is 38.4. The summed E-state index contributed by atoms with van der Waals surface area (Å²) in [4.78, 5) is 120. The molecule has 1 fully saturated rings. The van der Waals surface area contributed by atoms with E-state index in [1.54, 1.807) is 6.92 Å². The molecular formula is C44H50F2N5O16P. The molecule has 68 heavy (non-hydrogen) atoms. The van der Waals surface area contributed by atoms with Gasteiger partial charge in [0.15, 0.2) is 11.3 Å². The lowest BCUT2D eigenvalue weighted by atomic mass is 9.77. The first kappa shape index (κ1) is 50.7. The topological polar surface area (TPSA) is 299 Å². The molecule has 1 aromatic heterocycles. The number of rotatable bonds is 18. The number of ether oxygens (including phenoxy) is 2. The molecule has 24 heteroatoms. The van der Waals surface area contributed by atoms with Crippen LogP contribution in [0.15, 0.2) is 46.5 Å². The van der Waals surface area contributed by atoms with Gasteiger partial charge >= 0.3 is 25.7 Å². The van der Waals surface area contributed by atoms with Gasteiger partial charge in [-0.1, -0.05) is 31.1 Å². The van der Waals surface area contributed by atoms with Crippen molar-refractivity contribution in [1.82, 2.24) is 20.1 Å². The Bertz CT molecular complexity index is 2700. The van der Waals surface area contributed by atoms with Crippen LogP contribution in [0.25, 0.3) is 0 Å². The molecule has 4 heterocycles. The fourth-order valence-electron chi connectivity index (χ4n) is 8.87. The lowest BCUT2D eigenvalue weighted by Gasteiger charge is -2.42. The van der Waals surface area contributed by atoms with Gasteiger partial charge in [0.1, 0.15) is 29.0 Å². The molecule has 6 rings (SSSR count). The number of nitrogens with zero attached hydrogens (tertiary/aromatic N) is 3. The maximum atomic E-state index is 14.5. The van der Waals surface area contributed by atoms with Gasteiger partial charge in [-0.2, -0.15) is 0 Å². The van der Waals surface area contributed by atoms with Crippen LogP contribution in [0, 0.1) is 18.6 Å². The number of halogens is 2. The quantitative estimate of drug-likeness (QED) is 0.0601. The Kier molecular flexibility index (Phi) is 14.8. The minimum Gasteiger partial charge on any atom is -0.481 e. The lowest BCUT2D eigenvalue weighted by Crippen LogP contribution is -2.52. The zero-order valence-electron chi connectivity index (χ0n) is 37.5. The highest BCUT2D eigenvalue weighted by Crippen LogP contribution is 2.47. The van der Waals surface area contributed by atoms with Gasteiger partial charge in [-0.25, -0.2) is 18.1 Å². The van der Waals surface area contributed by atoms with E-state index in [4.69, 9.17) is 23.9 Å². The van der Waals surface area contributed by atoms with Crippen molar-refractivity contribution in [1.29, 1.82) is 0 Å². The molecule has 0 radical (unpaired) electrons. The number of phosphoric acid groups is 1. The Labute approximate surface area is 386 Å². The highest BCUT2D eigenvalue weighted by atomic mass is 31.2. The summed E-state index contributed by atoms with van der Waals surface area (Å²) in [6, 6.07) is 2.73. The van der Waals surface area contributed by atoms with Crippen molar-refractivity contribution in [3.63, 3.8) is 0 Å². The number of oxime groups is 1. The number of carbonyl (C=O) groups excluding carboxylic acids is 4. The number of hydrogen-bond donors (Lipinski definition) is 6. The van der Waals surface area contributed by atoms with E-state index >= 15 is 0 Å². The minimum absolute atomic E-state index is 0.0492. The van der Waals surface area contributed by atoms with Crippen LogP contribution in [0.3, 0.4) is 0 Å². The predicted molar refractivity (Wildman–Crippen MR) is 232 cm³/mol. The molecule has 0 saturated carbocycles. The summed E-state index contributed by atoms with van der Waals surface area (Å²) in [5, 5.41) is 27.5. The molecule has 6 N–H and O–H groups in total. The maximum absolute atomic E-state index is 14.5. The van der Waals surface area contributed by atoms with E-state index in [1.807, 2.05) is 6.92 Å². The van der Waals surface area contributed by atoms with Crippen LogP contribution in [0.4, 0.5) is 8.78 Å². The molecule has 3 aromatic rings. The Hall–Kier alpha value is -6.71. The number of carboxylic acids is 2. The van der Waals surface area contributed by atoms with Crippen molar-refractivity contribution in [2.75, 3.05) is 13.3 Å². The number of aliphatic carboxylic acids is 2. The molecule has 21 nitrogen and oxygen atoms in total. The Morgan fingerprint density at radius 3 is 2.43 bits per heavy atom. The predicted octanol–water partition coefficient (Wildman–Crippen LogP) is 3.77. The number of hydrogen-bond acceptors (Lipinski definition) is 13. The van der Waals surface area contributed by atoms with E-state index in [-0.39, 0.29) is 35.0 Å². The zero-order chi connectivity index (χ0) is 50.0. The van der Waals surface area contributed by atoms with Gasteiger partial charge in [0, 0.05) is 60.8 Å². The third kappa shape index (κ3) is 11.3. The van der Waals surface area contributed by atoms with Crippen molar-refractivity contribution in [2.24, 2.45) is 5.16 Å². The molecular weight excluding hydrogens is 923 g/mol. The third-order valence-corrected chi connectivity index (χ3v) is 12.4. The average molecular weight is 974 g/mol. The van der Waals surface area contributed by atoms with Crippen molar-refractivity contribution in [3.8, 4) is 11.5 Å². The van der Waals surface area contributed by atoms with E-state index < -0.39 is 140 Å². The summed E-state index contributed by atoms with van der Waals surface area (Å²) >= 11 is 0. The van der Waals surface area contributed by atoms with Crippen molar-refractivity contribution < 1.29 is 80.9 Å². The molecule has 2 aromatic carbocycles. The number of fused-ring (bicyclic) bond motifs is 5. The molecule has 1 spiro atoms. The number of nitrogens with one attached hydrogen (secondary N) is 2. The van der Waals surface area contributed by atoms with Crippen molar-refractivity contribution in [3.05, 3.63) is 91.9 Å². The summed E-state index contributed by atoms with van der Waals surface area (Å²) in [6.45, 7) is 6.60. The standard InChI is InChI=1S/C44H50F2N5O16P/c1-22-12-26(14-33(52)48-30(42(59)60)8-9-34(53)54)36(31(13-22)66-68(61,62)63)43(4,5)17-35(55)64-21-65-39-37-41(58)50-20-32(44(11-10-24(50)3)16-23(2)49-67-44)51(37)19-28(38(39)56)40(57)47-18-25-6-7-27(45)15-29(25)46/h6-7,12-13,15,19,24,30,32H,8-11,14,16-18,20-21H2,1-5H3,(H,47,57)(H,48,52)(H,53,54)(H,59,60)(H2,61,62,63)/t24-,30-,32+,44-/m0/s1. The number of amides is 3. The van der Waals surface area contributed by atoms with Gasteiger partial charge in [0.2, 0.25) is 23.9 Å². The number of pyridine rings is 1. The Morgan fingerprint density at radius 1 is 1.07 bits per heavy atom. The van der Waals surface area contributed by atoms with E-state index in [0.29, 0.717) is 36.6 Å². The van der Waals surface area contributed by atoms with Gasteiger partial charge in [-0.3, -0.25) is 38.6 Å². The number of carboxylic acid groups (broad SMARTS) is 2. The van der Waals surface area contributed by atoms with Gasteiger partial charge in [0.25, 0.3) is 11.8 Å². The fourth-order valence-corrected chi connectivity index (χ4v) is 9.27. The Morgan fingerprint density at radius 2 is 1.79 bits per heavy atom. The second-order valence-electron chi connectivity index (χ2n) is 17.7. The normalized spacial score (nSPS) is 19.2. The first-order chi connectivity index (χ1) is 31.8. The van der Waals surface area contributed by atoms with E-state index in [1.165, 1.54) is 48.6 Å². The van der Waals surface area contributed by atoms with Gasteiger partial charge in [0.05, 0.1) is 24.6 Å². The SMILES string of the molecule is CC1=NO[C@@]2(CC[C@H](C)N3C[C@H]2n2cc(C(=O)NCc4ccc(F)cc4F)c(=O)c(OCOC(=O)CC(C)(C)c4c(CC(=O)N[C@@H](CCC(=O)O)C(=O)O)cc(C)cc4OP(=O)(O)O)c2C3=O)C1. The number of benzene rings is 2. The summed E-state index contributed by atoms with van der Waals surface area (Å²) in [6.07, 6.45) is 0.160. The number of aryl methyl sites for hydroxylation is 1. The summed E-state index contributed by atoms with van der Waals surface area (Å²) < 4.78 is 58.0. The number of esters is 1.